The number of morpholine rings is 1. The summed E-state index contributed by atoms with van der Waals surface area (Å²) in [6.45, 7) is 4.78. The van der Waals surface area contributed by atoms with E-state index in [1.54, 1.807) is 37.5 Å². The van der Waals surface area contributed by atoms with E-state index in [0.717, 1.165) is 50.6 Å². The first kappa shape index (κ1) is 22.5. The molecule has 164 valence electrons. The van der Waals surface area contributed by atoms with Gasteiger partial charge < -0.3 is 20.1 Å². The first-order valence-corrected chi connectivity index (χ1v) is 10.5. The van der Waals surface area contributed by atoms with Crippen molar-refractivity contribution in [1.82, 2.24) is 15.5 Å². The van der Waals surface area contributed by atoms with Gasteiger partial charge in [-0.05, 0) is 48.9 Å². The van der Waals surface area contributed by atoms with Gasteiger partial charge in [0.25, 0.3) is 11.8 Å². The molecule has 1 fully saturated rings. The van der Waals surface area contributed by atoms with Crippen molar-refractivity contribution in [2.24, 2.45) is 0 Å². The second-order valence-electron chi connectivity index (χ2n) is 7.21. The monoisotopic (exact) mass is 423 g/mol. The number of nitrogens with one attached hydrogen (secondary N) is 2. The van der Waals surface area contributed by atoms with Gasteiger partial charge in [0, 0.05) is 25.2 Å². The molecule has 2 N–H and O–H groups in total. The molecule has 0 saturated carbocycles. The van der Waals surface area contributed by atoms with E-state index < -0.39 is 0 Å². The van der Waals surface area contributed by atoms with Gasteiger partial charge in [-0.15, -0.1) is 0 Å². The molecular formula is C24H29N3O4. The molecule has 0 radical (unpaired) electrons. The fraction of sp³-hybridized carbons (Fsp3) is 0.333. The van der Waals surface area contributed by atoms with Crippen LogP contribution in [-0.2, 0) is 9.53 Å². The highest BCUT2D eigenvalue weighted by atomic mass is 16.5. The van der Waals surface area contributed by atoms with Crippen molar-refractivity contribution in [3.05, 3.63) is 71.4 Å². The van der Waals surface area contributed by atoms with Crippen LogP contribution in [0.5, 0.6) is 5.75 Å². The number of methoxy groups -OCH3 is 1. The highest BCUT2D eigenvalue weighted by Crippen LogP contribution is 2.14. The Kier molecular flexibility index (Phi) is 8.63. The Labute approximate surface area is 183 Å². The van der Waals surface area contributed by atoms with E-state index >= 15 is 0 Å². The maximum atomic E-state index is 12.8. The molecule has 0 aliphatic carbocycles. The van der Waals surface area contributed by atoms with Gasteiger partial charge in [-0.3, -0.25) is 14.5 Å². The Bertz CT molecular complexity index is 875. The second-order valence-corrected chi connectivity index (χ2v) is 7.21. The van der Waals surface area contributed by atoms with Gasteiger partial charge in [0.15, 0.2) is 0 Å². The van der Waals surface area contributed by atoms with Gasteiger partial charge in [0.1, 0.15) is 11.4 Å². The molecular weight excluding hydrogens is 394 g/mol. The molecule has 1 aliphatic heterocycles. The summed E-state index contributed by atoms with van der Waals surface area (Å²) in [7, 11) is 1.60. The normalized spacial score (nSPS) is 14.7. The summed E-state index contributed by atoms with van der Waals surface area (Å²) in [6.07, 6.45) is 2.49. The highest BCUT2D eigenvalue weighted by Gasteiger charge is 2.15. The second kappa shape index (κ2) is 11.9. The lowest BCUT2D eigenvalue weighted by atomic mass is 10.1. The largest absolute Gasteiger partial charge is 0.497 e. The van der Waals surface area contributed by atoms with Gasteiger partial charge in [-0.2, -0.15) is 0 Å². The summed E-state index contributed by atoms with van der Waals surface area (Å²) in [5, 5.41) is 5.67. The van der Waals surface area contributed by atoms with E-state index in [1.807, 2.05) is 30.3 Å². The highest BCUT2D eigenvalue weighted by molar-refractivity contribution is 6.05. The Morgan fingerprint density at radius 1 is 1.06 bits per heavy atom. The summed E-state index contributed by atoms with van der Waals surface area (Å²) >= 11 is 0. The lowest BCUT2D eigenvalue weighted by Gasteiger charge is -2.26. The minimum atomic E-state index is -0.330. The standard InChI is InChI=1S/C24H29N3O4/c1-30-21-10-8-19(9-11-21)18-22(26-23(28)20-6-3-2-4-7-20)24(29)25-12-5-13-27-14-16-31-17-15-27/h2-4,6-11,18H,5,12-17H2,1H3,(H,25,29)(H,26,28)/b22-18-. The molecule has 1 heterocycles. The molecule has 1 aliphatic rings. The third-order valence-electron chi connectivity index (χ3n) is 5.00. The van der Waals surface area contributed by atoms with E-state index in [2.05, 4.69) is 15.5 Å². The summed E-state index contributed by atoms with van der Waals surface area (Å²) < 4.78 is 10.5. The van der Waals surface area contributed by atoms with E-state index in [4.69, 9.17) is 9.47 Å². The van der Waals surface area contributed by atoms with E-state index in [1.165, 1.54) is 0 Å². The van der Waals surface area contributed by atoms with Crippen LogP contribution in [0.1, 0.15) is 22.3 Å². The maximum Gasteiger partial charge on any atom is 0.267 e. The zero-order valence-corrected chi connectivity index (χ0v) is 17.8. The Morgan fingerprint density at radius 2 is 1.77 bits per heavy atom. The third kappa shape index (κ3) is 7.24. The Hall–Kier alpha value is -3.16. The van der Waals surface area contributed by atoms with Crippen LogP contribution < -0.4 is 15.4 Å². The van der Waals surface area contributed by atoms with E-state index in [0.29, 0.717) is 12.1 Å². The maximum absolute atomic E-state index is 12.8. The zero-order chi connectivity index (χ0) is 21.9. The summed E-state index contributed by atoms with van der Waals surface area (Å²) in [6, 6.07) is 16.1. The number of ether oxygens (including phenoxy) is 2. The van der Waals surface area contributed by atoms with Crippen molar-refractivity contribution in [2.75, 3.05) is 46.5 Å². The van der Waals surface area contributed by atoms with Crippen molar-refractivity contribution in [3.63, 3.8) is 0 Å². The van der Waals surface area contributed by atoms with Crippen LogP contribution in [0.25, 0.3) is 6.08 Å². The average molecular weight is 424 g/mol. The molecule has 2 amide bonds. The fourth-order valence-electron chi connectivity index (χ4n) is 3.23. The lowest BCUT2D eigenvalue weighted by Crippen LogP contribution is -2.39. The van der Waals surface area contributed by atoms with Crippen LogP contribution in [0.4, 0.5) is 0 Å². The number of hydrogen-bond donors (Lipinski definition) is 2. The molecule has 3 rings (SSSR count). The molecule has 0 bridgehead atoms. The minimum Gasteiger partial charge on any atom is -0.497 e. The molecule has 2 aromatic rings. The fourth-order valence-corrected chi connectivity index (χ4v) is 3.23. The topological polar surface area (TPSA) is 79.9 Å². The summed E-state index contributed by atoms with van der Waals surface area (Å²) in [4.78, 5) is 27.8. The van der Waals surface area contributed by atoms with E-state index in [-0.39, 0.29) is 17.5 Å². The number of rotatable bonds is 9. The molecule has 1 saturated heterocycles. The first-order chi connectivity index (χ1) is 15.2. The average Bonchev–Trinajstić information content (AvgIpc) is 2.83. The van der Waals surface area contributed by atoms with Gasteiger partial charge in [-0.25, -0.2) is 0 Å². The summed E-state index contributed by atoms with van der Waals surface area (Å²) in [5.41, 5.74) is 1.47. The third-order valence-corrected chi connectivity index (χ3v) is 5.00. The van der Waals surface area contributed by atoms with Crippen LogP contribution in [-0.4, -0.2) is 63.2 Å². The minimum absolute atomic E-state index is 0.199. The van der Waals surface area contributed by atoms with Crippen LogP contribution in [0, 0.1) is 0 Å². The number of amides is 2. The number of hydrogen-bond acceptors (Lipinski definition) is 5. The van der Waals surface area contributed by atoms with Gasteiger partial charge in [0.05, 0.1) is 20.3 Å². The number of nitrogens with zero attached hydrogens (tertiary/aromatic N) is 1. The number of benzene rings is 2. The smallest absolute Gasteiger partial charge is 0.267 e. The van der Waals surface area contributed by atoms with Crippen molar-refractivity contribution >= 4 is 17.9 Å². The van der Waals surface area contributed by atoms with Gasteiger partial charge in [0.2, 0.25) is 0 Å². The predicted octanol–water partition coefficient (Wildman–Crippen LogP) is 2.30. The van der Waals surface area contributed by atoms with E-state index in [9.17, 15) is 9.59 Å². The van der Waals surface area contributed by atoms with Gasteiger partial charge >= 0.3 is 0 Å². The molecule has 0 spiro atoms. The molecule has 7 heteroatoms. The van der Waals surface area contributed by atoms with Crippen LogP contribution >= 0.6 is 0 Å². The van der Waals surface area contributed by atoms with Crippen molar-refractivity contribution in [3.8, 4) is 5.75 Å². The molecule has 7 nitrogen and oxygen atoms in total. The van der Waals surface area contributed by atoms with Gasteiger partial charge in [-0.1, -0.05) is 30.3 Å². The SMILES string of the molecule is COc1ccc(/C=C(\NC(=O)c2ccccc2)C(=O)NCCCN2CCOCC2)cc1. The predicted molar refractivity (Wildman–Crippen MR) is 120 cm³/mol. The van der Waals surface area contributed by atoms with Crippen molar-refractivity contribution in [1.29, 1.82) is 0 Å². The van der Waals surface area contributed by atoms with Crippen LogP contribution in [0.2, 0.25) is 0 Å². The Morgan fingerprint density at radius 3 is 2.45 bits per heavy atom. The number of carbonyl (C=O) groups is 2. The van der Waals surface area contributed by atoms with Crippen LogP contribution in [0.3, 0.4) is 0 Å². The zero-order valence-electron chi connectivity index (χ0n) is 17.8. The first-order valence-electron chi connectivity index (χ1n) is 10.5. The van der Waals surface area contributed by atoms with Crippen molar-refractivity contribution in [2.45, 2.75) is 6.42 Å². The quantitative estimate of drug-likeness (QED) is 0.478. The molecule has 0 atom stereocenters. The Balaban J connectivity index is 1.64. The molecule has 0 aromatic heterocycles. The molecule has 31 heavy (non-hydrogen) atoms. The summed E-state index contributed by atoms with van der Waals surface area (Å²) in [5.74, 6) is 0.0745. The van der Waals surface area contributed by atoms with Crippen molar-refractivity contribution < 1.29 is 19.1 Å². The number of carbonyl (C=O) groups excluding carboxylic acids is 2. The van der Waals surface area contributed by atoms with Crippen LogP contribution in [0.15, 0.2) is 60.3 Å². The molecule has 2 aromatic carbocycles. The molecule has 0 unspecified atom stereocenters. The lowest BCUT2D eigenvalue weighted by molar-refractivity contribution is -0.117.